The predicted octanol–water partition coefficient (Wildman–Crippen LogP) is 0.265. The van der Waals surface area contributed by atoms with Gasteiger partial charge in [0.15, 0.2) is 0 Å². The van der Waals surface area contributed by atoms with Crippen molar-refractivity contribution in [2.75, 3.05) is 27.4 Å². The minimum absolute atomic E-state index is 0.204. The van der Waals surface area contributed by atoms with Crippen LogP contribution >= 0.6 is 0 Å². The lowest BCUT2D eigenvalue weighted by Crippen LogP contribution is -2.97. The molecule has 0 aromatic heterocycles. The van der Waals surface area contributed by atoms with Gasteiger partial charge < -0.3 is 19.5 Å². The smallest absolute Gasteiger partial charge is 0.368 e. The fourth-order valence-corrected chi connectivity index (χ4v) is 4.49. The summed E-state index contributed by atoms with van der Waals surface area (Å²) in [6.07, 6.45) is 0. The number of amides is 2. The third kappa shape index (κ3) is 2.83. The summed E-state index contributed by atoms with van der Waals surface area (Å²) in [5, 5.41) is 1.79. The topological polar surface area (TPSA) is 98.8 Å². The number of hydrogen-bond donors (Lipinski definition) is 1. The molecular formula is C20H27N2O6+. The lowest BCUT2D eigenvalue weighted by Gasteiger charge is -2.26. The van der Waals surface area contributed by atoms with Crippen LogP contribution in [-0.4, -0.2) is 55.6 Å². The highest BCUT2D eigenvalue weighted by atomic mass is 16.5. The second-order valence-electron chi connectivity index (χ2n) is 7.23. The molecule has 0 aliphatic carbocycles. The Morgan fingerprint density at radius 1 is 1.18 bits per heavy atom. The zero-order chi connectivity index (χ0) is 20.6. The van der Waals surface area contributed by atoms with E-state index in [4.69, 9.17) is 14.2 Å². The number of quaternary nitrogens is 1. The molecule has 1 aromatic rings. The quantitative estimate of drug-likeness (QED) is 0.552. The van der Waals surface area contributed by atoms with Gasteiger partial charge in [0, 0.05) is 19.5 Å². The second kappa shape index (κ2) is 7.43. The summed E-state index contributed by atoms with van der Waals surface area (Å²) >= 11 is 0. The molecule has 2 aliphatic rings. The van der Waals surface area contributed by atoms with E-state index in [2.05, 4.69) is 0 Å². The molecule has 152 valence electrons. The van der Waals surface area contributed by atoms with E-state index in [0.29, 0.717) is 11.5 Å². The average Bonchev–Trinajstić information content (AvgIpc) is 3.15. The van der Waals surface area contributed by atoms with Crippen molar-refractivity contribution in [3.63, 3.8) is 0 Å². The summed E-state index contributed by atoms with van der Waals surface area (Å²) in [4.78, 5) is 40.1. The Morgan fingerprint density at radius 2 is 1.89 bits per heavy atom. The van der Waals surface area contributed by atoms with Gasteiger partial charge in [-0.25, -0.2) is 4.79 Å². The number of carbonyl (C=O) groups is 3. The first kappa shape index (κ1) is 20.1. The molecule has 2 amide bonds. The van der Waals surface area contributed by atoms with Crippen molar-refractivity contribution >= 4 is 17.8 Å². The van der Waals surface area contributed by atoms with Crippen LogP contribution in [0.15, 0.2) is 18.2 Å². The maximum Gasteiger partial charge on any atom is 0.368 e. The number of nitrogens with zero attached hydrogens (tertiary/aromatic N) is 1. The number of methoxy groups -OCH3 is 2. The van der Waals surface area contributed by atoms with Gasteiger partial charge in [-0.3, -0.25) is 14.5 Å². The Kier molecular flexibility index (Phi) is 5.34. The van der Waals surface area contributed by atoms with Crippen molar-refractivity contribution in [3.05, 3.63) is 23.8 Å². The fourth-order valence-electron chi connectivity index (χ4n) is 4.49. The number of carbonyl (C=O) groups excluding carboxylic acids is 3. The van der Waals surface area contributed by atoms with Crippen LogP contribution in [0, 0.1) is 11.8 Å². The Balaban J connectivity index is 2.12. The molecule has 0 spiro atoms. The van der Waals surface area contributed by atoms with Crippen molar-refractivity contribution in [1.29, 1.82) is 0 Å². The van der Waals surface area contributed by atoms with Gasteiger partial charge in [-0.05, 0) is 26.0 Å². The molecule has 0 saturated carbocycles. The van der Waals surface area contributed by atoms with Gasteiger partial charge in [0.2, 0.25) is 17.4 Å². The molecular weight excluding hydrogens is 364 g/mol. The van der Waals surface area contributed by atoms with Crippen LogP contribution < -0.4 is 14.8 Å². The van der Waals surface area contributed by atoms with E-state index in [1.165, 1.54) is 12.0 Å². The van der Waals surface area contributed by atoms with Crippen LogP contribution in [-0.2, 0) is 19.1 Å². The van der Waals surface area contributed by atoms with Gasteiger partial charge in [0.05, 0.1) is 26.4 Å². The third-order valence-corrected chi connectivity index (χ3v) is 5.83. The molecule has 0 bridgehead atoms. The van der Waals surface area contributed by atoms with Crippen LogP contribution in [0.1, 0.15) is 32.4 Å². The van der Waals surface area contributed by atoms with Gasteiger partial charge in [-0.15, -0.1) is 0 Å². The summed E-state index contributed by atoms with van der Waals surface area (Å²) in [6, 6.07) is 4.88. The Bertz CT molecular complexity index is 810. The first-order chi connectivity index (χ1) is 13.3. The van der Waals surface area contributed by atoms with E-state index in [1.54, 1.807) is 45.3 Å². The highest BCUT2D eigenvalue weighted by Gasteiger charge is 2.70. The van der Waals surface area contributed by atoms with Crippen LogP contribution in [0.2, 0.25) is 0 Å². The molecule has 8 nitrogen and oxygen atoms in total. The molecule has 28 heavy (non-hydrogen) atoms. The normalized spacial score (nSPS) is 29.0. The number of nitrogens with two attached hydrogens (primary N) is 1. The maximum absolute atomic E-state index is 13.1. The summed E-state index contributed by atoms with van der Waals surface area (Å²) in [5.74, 6) is -1.35. The van der Waals surface area contributed by atoms with E-state index >= 15 is 0 Å². The monoisotopic (exact) mass is 391 g/mol. The van der Waals surface area contributed by atoms with Crippen LogP contribution in [0.4, 0.5) is 0 Å². The largest absolute Gasteiger partial charge is 0.497 e. The van der Waals surface area contributed by atoms with Crippen molar-refractivity contribution in [2.24, 2.45) is 11.8 Å². The number of fused-ring (bicyclic) bond motifs is 1. The number of rotatable bonds is 6. The maximum atomic E-state index is 13.1. The molecule has 8 heteroatoms. The summed E-state index contributed by atoms with van der Waals surface area (Å²) < 4.78 is 16.0. The molecule has 2 saturated heterocycles. The van der Waals surface area contributed by atoms with Gasteiger partial charge in [0.25, 0.3) is 0 Å². The number of esters is 1. The standard InChI is InChI=1S/C20H26N2O6/c1-6-22-17(23)14-15(18(22)24)20(3,19(25)28-7-2)21-16(14)12-9-8-11(26-4)10-13(12)27-5/h8-10,14-16,21H,6-7H2,1-5H3/p+1/t14-,15+,16+,20+/m0/s1. The number of hydrogen-bond acceptors (Lipinski definition) is 6. The lowest BCUT2D eigenvalue weighted by molar-refractivity contribution is -0.731. The van der Waals surface area contributed by atoms with E-state index in [-0.39, 0.29) is 25.0 Å². The average molecular weight is 391 g/mol. The molecule has 3 rings (SSSR count). The highest BCUT2D eigenvalue weighted by molar-refractivity contribution is 6.08. The van der Waals surface area contributed by atoms with Gasteiger partial charge >= 0.3 is 5.97 Å². The number of benzene rings is 1. The van der Waals surface area contributed by atoms with Gasteiger partial charge in [-0.1, -0.05) is 0 Å². The SMILES string of the molecule is CCOC(=O)[C@]1(C)[NH2+][C@H](c2ccc(OC)cc2OC)[C@H]2C(=O)N(CC)C(=O)[C@@H]21. The Labute approximate surface area is 164 Å². The van der Waals surface area contributed by atoms with Gasteiger partial charge in [0.1, 0.15) is 29.4 Å². The minimum atomic E-state index is -1.19. The zero-order valence-electron chi connectivity index (χ0n) is 16.9. The predicted molar refractivity (Wildman–Crippen MR) is 98.6 cm³/mol. The summed E-state index contributed by atoms with van der Waals surface area (Å²) in [5.41, 5.74) is -0.446. The molecule has 2 N–H and O–H groups in total. The minimum Gasteiger partial charge on any atom is -0.497 e. The van der Waals surface area contributed by atoms with Crippen LogP contribution in [0.5, 0.6) is 11.5 Å². The lowest BCUT2D eigenvalue weighted by atomic mass is 9.80. The number of likely N-dealkylation sites (tertiary alicyclic amines) is 1. The highest BCUT2D eigenvalue weighted by Crippen LogP contribution is 2.46. The Hall–Kier alpha value is -2.61. The Morgan fingerprint density at radius 3 is 2.46 bits per heavy atom. The van der Waals surface area contributed by atoms with Crippen molar-refractivity contribution < 1.29 is 33.9 Å². The first-order valence-corrected chi connectivity index (χ1v) is 9.44. The molecule has 1 aromatic carbocycles. The van der Waals surface area contributed by atoms with Crippen molar-refractivity contribution in [1.82, 2.24) is 4.90 Å². The number of imide groups is 1. The van der Waals surface area contributed by atoms with E-state index < -0.39 is 29.4 Å². The van der Waals surface area contributed by atoms with Crippen LogP contribution in [0.3, 0.4) is 0 Å². The van der Waals surface area contributed by atoms with Gasteiger partial charge in [-0.2, -0.15) is 0 Å². The fraction of sp³-hybridized carbons (Fsp3) is 0.550. The van der Waals surface area contributed by atoms with E-state index in [9.17, 15) is 14.4 Å². The van der Waals surface area contributed by atoms with Crippen molar-refractivity contribution in [2.45, 2.75) is 32.4 Å². The molecule has 2 fully saturated rings. The molecule has 2 heterocycles. The van der Waals surface area contributed by atoms with E-state index in [0.717, 1.165) is 5.56 Å². The van der Waals surface area contributed by atoms with E-state index in [1.807, 2.05) is 6.07 Å². The van der Waals surface area contributed by atoms with Crippen molar-refractivity contribution in [3.8, 4) is 11.5 Å². The summed E-state index contributed by atoms with van der Waals surface area (Å²) in [7, 11) is 3.09. The zero-order valence-corrected chi connectivity index (χ0v) is 16.9. The second-order valence-corrected chi connectivity index (χ2v) is 7.23. The van der Waals surface area contributed by atoms with Crippen LogP contribution in [0.25, 0.3) is 0 Å². The first-order valence-electron chi connectivity index (χ1n) is 9.44. The molecule has 0 unspecified atom stereocenters. The number of ether oxygens (including phenoxy) is 3. The summed E-state index contributed by atoms with van der Waals surface area (Å²) in [6.45, 7) is 5.64. The third-order valence-electron chi connectivity index (χ3n) is 5.83. The molecule has 2 aliphatic heterocycles. The molecule has 4 atom stereocenters. The molecule has 0 radical (unpaired) electrons.